The van der Waals surface area contributed by atoms with E-state index in [0.29, 0.717) is 18.1 Å². The number of carbonyl (C=O) groups is 1. The molecule has 10 heteroatoms. The second-order valence-electron chi connectivity index (χ2n) is 14.0. The summed E-state index contributed by atoms with van der Waals surface area (Å²) in [5.41, 5.74) is 6.79. The molecule has 1 unspecified atom stereocenters. The molecule has 1 fully saturated rings. The van der Waals surface area contributed by atoms with Crippen LogP contribution in [0.4, 0.5) is 11.6 Å². The van der Waals surface area contributed by atoms with E-state index in [-0.39, 0.29) is 10.6 Å². The van der Waals surface area contributed by atoms with Gasteiger partial charge < -0.3 is 19.6 Å². The van der Waals surface area contributed by atoms with E-state index in [1.807, 2.05) is 45.2 Å². The Morgan fingerprint density at radius 2 is 1.76 bits per heavy atom. The Morgan fingerprint density at radius 1 is 0.978 bits per heavy atom. The van der Waals surface area contributed by atoms with Crippen LogP contribution < -0.4 is 9.80 Å². The molecule has 0 saturated carbocycles. The lowest BCUT2D eigenvalue weighted by atomic mass is 9.82. The molecule has 3 aromatic heterocycles. The molecule has 240 valence electrons. The zero-order valence-electron chi connectivity index (χ0n) is 27.1. The first kappa shape index (κ1) is 31.9. The van der Waals surface area contributed by atoms with Crippen molar-refractivity contribution in [3.05, 3.63) is 83.0 Å². The van der Waals surface area contributed by atoms with Crippen LogP contribution in [0.2, 0.25) is 5.15 Å². The fourth-order valence-electron chi connectivity index (χ4n) is 6.27. The molecule has 1 N–H and O–H groups in total. The summed E-state index contributed by atoms with van der Waals surface area (Å²) in [6.07, 6.45) is 8.65. The number of ether oxygens (including phenoxy) is 1. The van der Waals surface area contributed by atoms with Gasteiger partial charge in [0.15, 0.2) is 6.10 Å². The molecule has 0 aliphatic carbocycles. The molecule has 5 heterocycles. The van der Waals surface area contributed by atoms with Crippen molar-refractivity contribution in [2.45, 2.75) is 72.1 Å². The van der Waals surface area contributed by atoms with Crippen molar-refractivity contribution in [3.8, 4) is 22.4 Å². The summed E-state index contributed by atoms with van der Waals surface area (Å²) in [7, 11) is 0. The average molecular weight is 641 g/mol. The van der Waals surface area contributed by atoms with Crippen molar-refractivity contribution in [3.63, 3.8) is 0 Å². The number of hydrogen-bond donors (Lipinski definition) is 1. The third kappa shape index (κ3) is 6.86. The summed E-state index contributed by atoms with van der Waals surface area (Å²) in [4.78, 5) is 35.4. The number of benzene rings is 1. The van der Waals surface area contributed by atoms with E-state index in [0.717, 1.165) is 67.0 Å². The molecule has 0 radical (unpaired) electrons. The van der Waals surface area contributed by atoms with Crippen LogP contribution in [0.5, 0.6) is 0 Å². The molecule has 4 aromatic rings. The van der Waals surface area contributed by atoms with Gasteiger partial charge in [-0.2, -0.15) is 0 Å². The number of fused-ring (bicyclic) bond motifs is 1. The molecule has 1 atom stereocenters. The molecule has 0 spiro atoms. The van der Waals surface area contributed by atoms with Gasteiger partial charge in [0, 0.05) is 62.1 Å². The van der Waals surface area contributed by atoms with Gasteiger partial charge in [-0.15, -0.1) is 0 Å². The summed E-state index contributed by atoms with van der Waals surface area (Å²) in [6.45, 7) is 13.1. The number of nitrogens with zero attached hydrogens (tertiary/aromatic N) is 6. The predicted octanol–water partition coefficient (Wildman–Crippen LogP) is 7.38. The van der Waals surface area contributed by atoms with Gasteiger partial charge in [0.25, 0.3) is 0 Å². The number of piperidine rings is 1. The lowest BCUT2D eigenvalue weighted by Crippen LogP contribution is -2.39. The minimum absolute atomic E-state index is 0.155. The van der Waals surface area contributed by atoms with Crippen LogP contribution in [0.15, 0.2) is 61.2 Å². The third-order valence-electron chi connectivity index (χ3n) is 8.84. The van der Waals surface area contributed by atoms with Crippen LogP contribution in [0.25, 0.3) is 22.4 Å². The van der Waals surface area contributed by atoms with Crippen LogP contribution >= 0.6 is 11.6 Å². The topological polar surface area (TPSA) is 105 Å². The van der Waals surface area contributed by atoms with E-state index >= 15 is 0 Å². The van der Waals surface area contributed by atoms with Crippen molar-refractivity contribution in [2.75, 3.05) is 29.4 Å². The molecule has 1 aromatic carbocycles. The van der Waals surface area contributed by atoms with E-state index in [2.05, 4.69) is 56.8 Å². The second kappa shape index (κ2) is 12.6. The van der Waals surface area contributed by atoms with E-state index < -0.39 is 17.7 Å². The first-order valence-corrected chi connectivity index (χ1v) is 16.2. The Balaban J connectivity index is 1.36. The molecular formula is C36H41ClN6O3. The molecule has 2 aliphatic rings. The summed E-state index contributed by atoms with van der Waals surface area (Å²) in [5, 5.41) is 10.5. The van der Waals surface area contributed by atoms with Gasteiger partial charge in [0.1, 0.15) is 5.15 Å². The largest absolute Gasteiger partial charge is 0.479 e. The Morgan fingerprint density at radius 3 is 2.46 bits per heavy atom. The van der Waals surface area contributed by atoms with Crippen molar-refractivity contribution in [1.29, 1.82) is 0 Å². The highest BCUT2D eigenvalue weighted by atomic mass is 35.5. The molecule has 1 saturated heterocycles. The number of carboxylic acids is 1. The van der Waals surface area contributed by atoms with Crippen molar-refractivity contribution < 1.29 is 14.6 Å². The summed E-state index contributed by atoms with van der Waals surface area (Å²) in [5.74, 6) is -0.397. The fraction of sp³-hybridized carbons (Fsp3) is 0.417. The number of anilines is 2. The molecule has 0 amide bonds. The molecule has 6 rings (SSSR count). The van der Waals surface area contributed by atoms with E-state index in [1.54, 1.807) is 18.6 Å². The second-order valence-corrected chi connectivity index (χ2v) is 14.3. The number of aromatic nitrogens is 4. The Kier molecular flexibility index (Phi) is 8.74. The number of pyridine rings is 2. The SMILES string of the molecule is CC1(C)CCN(c2c(-c3ccc4c(c3)CCN(c3nccc(-c5cccnc5)n3)C4)cnc(Cl)c2C(OC(C)(C)C)C(=O)O)CC1. The third-order valence-corrected chi connectivity index (χ3v) is 9.14. The molecular weight excluding hydrogens is 600 g/mol. The lowest BCUT2D eigenvalue weighted by molar-refractivity contribution is -0.160. The standard InChI is InChI=1S/C36H41ClN6O3/c1-35(2,3)46-31(33(44)45)29-30(42-17-12-36(4,5)13-18-42)27(21-40-32(29)37)24-8-9-26-22-43(16-11-23(26)19-24)34-39-15-10-28(41-34)25-7-6-14-38-20-25/h6-10,14-15,19-21,31H,11-13,16-18,22H2,1-5H3,(H,44,45). The van der Waals surface area contributed by atoms with Gasteiger partial charge in [-0.05, 0) is 80.3 Å². The summed E-state index contributed by atoms with van der Waals surface area (Å²) < 4.78 is 6.14. The maximum Gasteiger partial charge on any atom is 0.337 e. The van der Waals surface area contributed by atoms with Crippen molar-refractivity contribution in [2.24, 2.45) is 5.41 Å². The number of halogens is 1. The lowest BCUT2D eigenvalue weighted by Gasteiger charge is -2.40. The van der Waals surface area contributed by atoms with Crippen LogP contribution in [-0.2, 0) is 22.5 Å². The van der Waals surface area contributed by atoms with Gasteiger partial charge in [-0.3, -0.25) is 4.98 Å². The van der Waals surface area contributed by atoms with Gasteiger partial charge in [0.2, 0.25) is 5.95 Å². The number of carboxylic acid groups (broad SMARTS) is 1. The number of hydrogen-bond acceptors (Lipinski definition) is 8. The van der Waals surface area contributed by atoms with E-state index in [4.69, 9.17) is 21.3 Å². The molecule has 2 aliphatic heterocycles. The molecule has 9 nitrogen and oxygen atoms in total. The molecule has 0 bridgehead atoms. The first-order chi connectivity index (χ1) is 21.9. The van der Waals surface area contributed by atoms with E-state index in [1.165, 1.54) is 11.1 Å². The normalized spacial score (nSPS) is 17.0. The Bertz CT molecular complexity index is 1730. The van der Waals surface area contributed by atoms with Crippen LogP contribution in [0, 0.1) is 5.41 Å². The summed E-state index contributed by atoms with van der Waals surface area (Å²) in [6, 6.07) is 12.3. The maximum atomic E-state index is 12.7. The summed E-state index contributed by atoms with van der Waals surface area (Å²) >= 11 is 6.77. The molecule has 46 heavy (non-hydrogen) atoms. The quantitative estimate of drug-likeness (QED) is 0.207. The van der Waals surface area contributed by atoms with Crippen LogP contribution in [0.1, 0.15) is 70.3 Å². The Hall–Kier alpha value is -4.08. The average Bonchev–Trinajstić information content (AvgIpc) is 3.03. The van der Waals surface area contributed by atoms with Gasteiger partial charge in [-0.1, -0.05) is 43.6 Å². The predicted molar refractivity (Wildman–Crippen MR) is 181 cm³/mol. The van der Waals surface area contributed by atoms with Crippen molar-refractivity contribution >= 4 is 29.2 Å². The first-order valence-electron chi connectivity index (χ1n) is 15.8. The highest BCUT2D eigenvalue weighted by molar-refractivity contribution is 6.31. The van der Waals surface area contributed by atoms with Gasteiger partial charge >= 0.3 is 5.97 Å². The number of rotatable bonds is 7. The van der Waals surface area contributed by atoms with Crippen molar-refractivity contribution in [1.82, 2.24) is 19.9 Å². The Labute approximate surface area is 275 Å². The monoisotopic (exact) mass is 640 g/mol. The fourth-order valence-corrected chi connectivity index (χ4v) is 6.51. The highest BCUT2D eigenvalue weighted by Crippen LogP contribution is 2.45. The number of aliphatic carboxylic acids is 1. The minimum atomic E-state index is -1.27. The van der Waals surface area contributed by atoms with Gasteiger partial charge in [-0.25, -0.2) is 19.7 Å². The highest BCUT2D eigenvalue weighted by Gasteiger charge is 2.36. The van der Waals surface area contributed by atoms with Gasteiger partial charge in [0.05, 0.1) is 22.5 Å². The maximum absolute atomic E-state index is 12.7. The van der Waals surface area contributed by atoms with Crippen LogP contribution in [0.3, 0.4) is 0 Å². The smallest absolute Gasteiger partial charge is 0.337 e. The van der Waals surface area contributed by atoms with E-state index in [9.17, 15) is 9.90 Å². The zero-order chi connectivity index (χ0) is 32.6. The minimum Gasteiger partial charge on any atom is -0.479 e. The zero-order valence-corrected chi connectivity index (χ0v) is 27.9. The van der Waals surface area contributed by atoms with Crippen LogP contribution in [-0.4, -0.2) is 56.2 Å².